The SMILES string of the molecule is [2H]c1c([2H])c([2H])c2c(c1[2H])c([2H])c([2H])c1c2sc2c([2H])c(-c3nc(-c4ccc5c(c4)-c4ccccc4C54c5ccccc5-c5ccccc54)nc(-c4cccc5sc6cc(-c7ccccc7)ccc6c45)n3)c([2H])c([2H])c21. The minimum atomic E-state index is -0.576. The van der Waals surface area contributed by atoms with E-state index >= 15 is 0 Å². The second kappa shape index (κ2) is 14.0. The highest BCUT2D eigenvalue weighted by Crippen LogP contribution is 2.63. The molecular weight excluding hydrogens is 851 g/mol. The molecule has 0 N–H and O–H groups in total. The van der Waals surface area contributed by atoms with E-state index in [4.69, 9.17) is 21.8 Å². The van der Waals surface area contributed by atoms with Gasteiger partial charge in [-0.1, -0.05) is 188 Å². The molecule has 0 saturated carbocycles. The van der Waals surface area contributed by atoms with Crippen molar-refractivity contribution < 1.29 is 12.3 Å². The third-order valence-electron chi connectivity index (χ3n) is 13.6. The van der Waals surface area contributed by atoms with Gasteiger partial charge in [-0.2, -0.15) is 0 Å². The summed E-state index contributed by atoms with van der Waals surface area (Å²) in [5, 5.41) is 2.07. The highest BCUT2D eigenvalue weighted by atomic mass is 32.1. The van der Waals surface area contributed by atoms with Gasteiger partial charge in [-0.05, 0) is 90.6 Å². The van der Waals surface area contributed by atoms with E-state index in [9.17, 15) is 5.48 Å². The highest BCUT2D eigenvalue weighted by molar-refractivity contribution is 7.27. The van der Waals surface area contributed by atoms with Crippen molar-refractivity contribution in [1.82, 2.24) is 15.0 Å². The van der Waals surface area contributed by atoms with Crippen LogP contribution in [0.4, 0.5) is 0 Å². The molecular formula is C62H35N3S2. The molecule has 13 aromatic rings. The van der Waals surface area contributed by atoms with Gasteiger partial charge in [0.1, 0.15) is 0 Å². The van der Waals surface area contributed by atoms with Crippen molar-refractivity contribution in [3.8, 4) is 67.5 Å². The lowest BCUT2D eigenvalue weighted by molar-refractivity contribution is 0.794. The lowest BCUT2D eigenvalue weighted by Crippen LogP contribution is -2.25. The van der Waals surface area contributed by atoms with Crippen LogP contribution in [0.25, 0.3) is 119 Å². The van der Waals surface area contributed by atoms with Gasteiger partial charge in [0.2, 0.25) is 0 Å². The Balaban J connectivity index is 0.997. The van der Waals surface area contributed by atoms with Gasteiger partial charge in [-0.15, -0.1) is 22.7 Å². The molecule has 2 aliphatic carbocycles. The van der Waals surface area contributed by atoms with Crippen molar-refractivity contribution in [2.45, 2.75) is 5.41 Å². The Kier molecular flexibility index (Phi) is 6.14. The van der Waals surface area contributed by atoms with Crippen molar-refractivity contribution in [2.75, 3.05) is 0 Å². The summed E-state index contributed by atoms with van der Waals surface area (Å²) in [6.07, 6.45) is 0. The minimum absolute atomic E-state index is 0.000766. The fraction of sp³-hybridized carbons (Fsp3) is 0.0161. The van der Waals surface area contributed by atoms with Gasteiger partial charge >= 0.3 is 0 Å². The largest absolute Gasteiger partial charge is 0.208 e. The molecule has 0 aliphatic heterocycles. The van der Waals surface area contributed by atoms with E-state index in [1.165, 1.54) is 27.8 Å². The first kappa shape index (κ1) is 29.4. The van der Waals surface area contributed by atoms with E-state index in [1.54, 1.807) is 11.3 Å². The summed E-state index contributed by atoms with van der Waals surface area (Å²) in [5.41, 5.74) is 12.2. The summed E-state index contributed by atoms with van der Waals surface area (Å²) in [7, 11) is 0. The van der Waals surface area contributed by atoms with Crippen LogP contribution < -0.4 is 0 Å². The maximum Gasteiger partial charge on any atom is 0.164 e. The highest BCUT2D eigenvalue weighted by Gasteiger charge is 2.51. The van der Waals surface area contributed by atoms with E-state index in [1.807, 2.05) is 36.4 Å². The molecule has 3 aromatic heterocycles. The van der Waals surface area contributed by atoms with Gasteiger partial charge in [-0.25, -0.2) is 15.0 Å². The Hall–Kier alpha value is -8.09. The normalized spacial score (nSPS) is 15.1. The molecule has 0 amide bonds. The summed E-state index contributed by atoms with van der Waals surface area (Å²) in [5.74, 6) is 0.609. The summed E-state index contributed by atoms with van der Waals surface area (Å²) >= 11 is 2.68. The zero-order valence-corrected chi connectivity index (χ0v) is 36.8. The molecule has 0 radical (unpaired) electrons. The predicted octanol–water partition coefficient (Wildman–Crippen LogP) is 16.8. The van der Waals surface area contributed by atoms with E-state index in [-0.39, 0.29) is 72.5 Å². The quantitative estimate of drug-likeness (QED) is 0.177. The van der Waals surface area contributed by atoms with Crippen molar-refractivity contribution in [1.29, 1.82) is 0 Å². The van der Waals surface area contributed by atoms with Crippen LogP contribution in [-0.2, 0) is 5.41 Å². The molecule has 0 atom stereocenters. The lowest BCUT2D eigenvalue weighted by Gasteiger charge is -2.30. The van der Waals surface area contributed by atoms with Gasteiger partial charge < -0.3 is 0 Å². The smallest absolute Gasteiger partial charge is 0.164 e. The average molecular weight is 895 g/mol. The van der Waals surface area contributed by atoms with Crippen LogP contribution in [0, 0.1) is 0 Å². The molecule has 5 heteroatoms. The summed E-state index contributed by atoms with van der Waals surface area (Å²) in [6.45, 7) is 0. The number of fused-ring (bicyclic) bond motifs is 18. The number of aromatic nitrogens is 3. The van der Waals surface area contributed by atoms with Crippen LogP contribution in [0.3, 0.4) is 0 Å². The van der Waals surface area contributed by atoms with E-state index in [2.05, 4.69) is 121 Å². The maximum atomic E-state index is 9.95. The van der Waals surface area contributed by atoms with Crippen molar-refractivity contribution in [2.24, 2.45) is 0 Å². The monoisotopic (exact) mass is 894 g/mol. The number of benzene rings is 10. The molecule has 0 saturated heterocycles. The number of hydrogen-bond donors (Lipinski definition) is 0. The Labute approximate surface area is 406 Å². The second-order valence-corrected chi connectivity index (χ2v) is 19.2. The summed E-state index contributed by atoms with van der Waals surface area (Å²) in [4.78, 5) is 15.6. The number of nitrogens with zero attached hydrogens (tertiary/aromatic N) is 3. The van der Waals surface area contributed by atoms with Crippen molar-refractivity contribution in [3.63, 3.8) is 0 Å². The fourth-order valence-electron chi connectivity index (χ4n) is 10.8. The third-order valence-corrected chi connectivity index (χ3v) is 15.9. The number of thiophene rings is 2. The van der Waals surface area contributed by atoms with Gasteiger partial charge in [0.05, 0.1) is 17.8 Å². The zero-order chi connectivity index (χ0) is 51.6. The van der Waals surface area contributed by atoms with Crippen LogP contribution in [-0.4, -0.2) is 15.0 Å². The van der Waals surface area contributed by atoms with E-state index in [0.717, 1.165) is 64.9 Å². The maximum absolute atomic E-state index is 9.95. The molecule has 0 bridgehead atoms. The van der Waals surface area contributed by atoms with Crippen molar-refractivity contribution in [3.05, 3.63) is 234 Å². The first-order valence-corrected chi connectivity index (χ1v) is 23.7. The van der Waals surface area contributed by atoms with Crippen LogP contribution in [0.2, 0.25) is 0 Å². The molecule has 2 aliphatic rings. The molecule has 0 fully saturated rings. The van der Waals surface area contributed by atoms with Crippen LogP contribution in [0.15, 0.2) is 212 Å². The minimum Gasteiger partial charge on any atom is -0.208 e. The van der Waals surface area contributed by atoms with E-state index < -0.39 is 29.6 Å². The molecule has 67 heavy (non-hydrogen) atoms. The lowest BCUT2D eigenvalue weighted by atomic mass is 9.70. The Morgan fingerprint density at radius 2 is 1.01 bits per heavy atom. The van der Waals surface area contributed by atoms with Gasteiger partial charge in [0, 0.05) is 57.0 Å². The molecule has 15 rings (SSSR count). The summed E-state index contributed by atoms with van der Waals surface area (Å²) < 4.78 is 84.5. The molecule has 3 nitrogen and oxygen atoms in total. The van der Waals surface area contributed by atoms with Crippen LogP contribution in [0.1, 0.15) is 34.6 Å². The summed E-state index contributed by atoms with van der Waals surface area (Å²) in [6, 6.07) is 51.5. The number of rotatable bonds is 4. The van der Waals surface area contributed by atoms with Crippen LogP contribution >= 0.6 is 22.7 Å². The molecule has 1 spiro atoms. The molecule has 3 heterocycles. The zero-order valence-electron chi connectivity index (χ0n) is 44.2. The van der Waals surface area contributed by atoms with Gasteiger partial charge in [0.25, 0.3) is 0 Å². The Bertz CT molecular complexity index is 4740. The van der Waals surface area contributed by atoms with Crippen molar-refractivity contribution >= 4 is 73.8 Å². The van der Waals surface area contributed by atoms with Crippen LogP contribution in [0.5, 0.6) is 0 Å². The molecule has 0 unspecified atom stereocenters. The third kappa shape index (κ3) is 5.24. The van der Waals surface area contributed by atoms with Gasteiger partial charge in [0.15, 0.2) is 17.5 Å². The first-order chi connectivity index (χ1) is 36.9. The molecule has 310 valence electrons. The predicted molar refractivity (Wildman–Crippen MR) is 281 cm³/mol. The molecule has 10 aromatic carbocycles. The van der Waals surface area contributed by atoms with E-state index in [0.29, 0.717) is 17.2 Å². The average Bonchev–Trinajstić information content (AvgIpc) is 4.27. The Morgan fingerprint density at radius 1 is 0.373 bits per heavy atom. The first-order valence-electron chi connectivity index (χ1n) is 26.5. The standard InChI is InChI=1S/C62H35N3S2/c1-2-13-36(14-3-1)38-26-31-47-56(34-38)66-54-24-12-20-48(57(47)54)61-64-59(63-60(65-61)40-27-29-45-46-30-25-37-15-4-5-16-41(37)58(46)67-55(45)35-40)39-28-32-53-49(33-39)44-19-8-11-23-52(44)62(53)50-21-9-6-17-42(50)43-18-7-10-22-51(43)62/h1-35H/i4D,5D,15D,16D,25D,27D,29D,30D,35D. The number of hydrogen-bond acceptors (Lipinski definition) is 5. The fourth-order valence-corrected chi connectivity index (χ4v) is 13.1. The topological polar surface area (TPSA) is 38.7 Å². The Morgan fingerprint density at radius 3 is 1.81 bits per heavy atom. The van der Waals surface area contributed by atoms with Gasteiger partial charge in [-0.3, -0.25) is 0 Å². The second-order valence-electron chi connectivity index (χ2n) is 17.1.